The van der Waals surface area contributed by atoms with E-state index in [1.807, 2.05) is 24.3 Å². The van der Waals surface area contributed by atoms with Crippen LogP contribution in [0.4, 0.5) is 0 Å². The third-order valence-corrected chi connectivity index (χ3v) is 8.40. The van der Waals surface area contributed by atoms with Gasteiger partial charge in [-0.1, -0.05) is 90.5 Å². The van der Waals surface area contributed by atoms with Gasteiger partial charge in [-0.3, -0.25) is 12.2 Å². The van der Waals surface area contributed by atoms with Gasteiger partial charge < -0.3 is 9.13 Å². The first-order valence-corrected chi connectivity index (χ1v) is 13.6. The number of allylic oxidation sites excluding steroid dienone is 8. The summed E-state index contributed by atoms with van der Waals surface area (Å²) in [4.78, 5) is 0. The Morgan fingerprint density at radius 3 is 0.947 bits per heavy atom. The van der Waals surface area contributed by atoms with Crippen LogP contribution in [0.5, 0.6) is 0 Å². The van der Waals surface area contributed by atoms with Crippen LogP contribution in [0, 0.1) is 23.0 Å². The second kappa shape index (κ2) is 21.3. The van der Waals surface area contributed by atoms with Gasteiger partial charge in [-0.15, -0.1) is 65.0 Å². The SMILES string of the molecule is C=CCN(CC=C)[SiH]N(CC=C)CC=C.CC1=[C-]C(C)(C)C(C)=C1C.CC1=[C-]C(C)(C)C(C)=C1C.Cl.Cl.[Hf]. The van der Waals surface area contributed by atoms with Gasteiger partial charge in [0.1, 0.15) is 0 Å². The molecule has 0 N–H and O–H groups in total. The summed E-state index contributed by atoms with van der Waals surface area (Å²) in [6, 6.07) is 0. The van der Waals surface area contributed by atoms with E-state index in [0.717, 1.165) is 26.2 Å². The largest absolute Gasteiger partial charge is 0.307 e. The van der Waals surface area contributed by atoms with Crippen molar-refractivity contribution in [3.8, 4) is 0 Å². The third-order valence-electron chi connectivity index (χ3n) is 6.91. The molecule has 0 aliphatic heterocycles. The van der Waals surface area contributed by atoms with Crippen LogP contribution < -0.4 is 0 Å². The second-order valence-corrected chi connectivity index (χ2v) is 12.1. The van der Waals surface area contributed by atoms with Gasteiger partial charge in [0.2, 0.25) is 9.84 Å². The molecule has 0 amide bonds. The van der Waals surface area contributed by atoms with E-state index in [2.05, 4.69) is 117 Å². The van der Waals surface area contributed by atoms with Gasteiger partial charge in [-0.2, -0.15) is 22.3 Å². The number of hydrogen-bond acceptors (Lipinski definition) is 2. The molecule has 0 aromatic heterocycles. The molecule has 0 aromatic rings. The van der Waals surface area contributed by atoms with Gasteiger partial charge in [0.25, 0.3) is 0 Å². The van der Waals surface area contributed by atoms with Gasteiger partial charge in [-0.25, -0.2) is 11.1 Å². The average molecular weight is 743 g/mol. The standard InChI is InChI=1S/C12H21N2Si.2C10H15.2ClH.Hf/c1-5-9-13(10-6-2)15-14(11-7-3)12-8-4;2*1-7-6-10(4,5)9(3)8(7)2;;;/h5-8,15H,1-4,9-12H2;2*1-5H3;2*1H;/q;2*-1;;;. The maximum atomic E-state index is 3.76. The molecule has 0 fully saturated rings. The number of hydrogen-bond donors (Lipinski definition) is 0. The Balaban J connectivity index is -0.000000225. The molecule has 0 heterocycles. The van der Waals surface area contributed by atoms with Crippen LogP contribution in [-0.4, -0.2) is 45.2 Å². The van der Waals surface area contributed by atoms with Crippen molar-refractivity contribution in [1.82, 2.24) is 9.13 Å². The first kappa shape index (κ1) is 44.5. The fourth-order valence-electron chi connectivity index (χ4n) is 4.04. The van der Waals surface area contributed by atoms with E-state index in [9.17, 15) is 0 Å². The Labute approximate surface area is 270 Å². The maximum absolute atomic E-state index is 3.76. The fraction of sp³-hybridized carbons (Fsp3) is 0.500. The molecule has 0 saturated heterocycles. The van der Waals surface area contributed by atoms with Crippen molar-refractivity contribution in [3.63, 3.8) is 0 Å². The van der Waals surface area contributed by atoms with Crippen LogP contribution in [0.15, 0.2) is 84.1 Å². The van der Waals surface area contributed by atoms with Gasteiger partial charge in [0.15, 0.2) is 0 Å². The van der Waals surface area contributed by atoms with Crippen LogP contribution in [0.25, 0.3) is 0 Å². The molecule has 2 nitrogen and oxygen atoms in total. The average Bonchev–Trinajstić information content (AvgIpc) is 3.06. The number of halogens is 2. The quantitative estimate of drug-likeness (QED) is 0.126. The number of rotatable bonds is 10. The zero-order valence-corrected chi connectivity index (χ0v) is 32.1. The second-order valence-electron chi connectivity index (χ2n) is 10.4. The fourth-order valence-corrected chi connectivity index (χ4v) is 5.48. The van der Waals surface area contributed by atoms with E-state index in [4.69, 9.17) is 0 Å². The van der Waals surface area contributed by atoms with Crippen LogP contribution >= 0.6 is 24.8 Å². The molecule has 2 rings (SSSR count). The predicted molar refractivity (Wildman–Crippen MR) is 175 cm³/mol. The van der Waals surface area contributed by atoms with Crippen LogP contribution in [-0.2, 0) is 25.8 Å². The Morgan fingerprint density at radius 1 is 0.605 bits per heavy atom. The van der Waals surface area contributed by atoms with E-state index >= 15 is 0 Å². The summed E-state index contributed by atoms with van der Waals surface area (Å²) in [5.41, 5.74) is 8.79. The summed E-state index contributed by atoms with van der Waals surface area (Å²) >= 11 is 0. The van der Waals surface area contributed by atoms with E-state index in [1.165, 1.54) is 33.4 Å². The maximum Gasteiger partial charge on any atom is 0.210 e. The summed E-state index contributed by atoms with van der Waals surface area (Å²) in [6.45, 7) is 40.5. The molecule has 0 unspecified atom stereocenters. The minimum Gasteiger partial charge on any atom is -0.307 e. The summed E-state index contributed by atoms with van der Waals surface area (Å²) in [6.07, 6.45) is 14.6. The minimum atomic E-state index is 0. The molecular formula is C32H53Cl2HfN2Si-2. The van der Waals surface area contributed by atoms with E-state index in [1.54, 1.807) is 0 Å². The Hall–Kier alpha value is -0.493. The summed E-state index contributed by atoms with van der Waals surface area (Å²) in [7, 11) is 0.100. The third kappa shape index (κ3) is 14.8. The van der Waals surface area contributed by atoms with Crippen LogP contribution in [0.3, 0.4) is 0 Å². The zero-order valence-electron chi connectivity index (χ0n) is 25.8. The molecule has 2 aliphatic carbocycles. The van der Waals surface area contributed by atoms with Crippen molar-refractivity contribution < 1.29 is 25.8 Å². The molecule has 0 aromatic carbocycles. The molecular weight excluding hydrogens is 690 g/mol. The van der Waals surface area contributed by atoms with Gasteiger partial charge in [0.05, 0.1) is 0 Å². The zero-order chi connectivity index (χ0) is 27.4. The summed E-state index contributed by atoms with van der Waals surface area (Å²) in [5, 5.41) is 0. The smallest absolute Gasteiger partial charge is 0.210 e. The van der Waals surface area contributed by atoms with Crippen LogP contribution in [0.2, 0.25) is 0 Å². The molecule has 1 radical (unpaired) electrons. The summed E-state index contributed by atoms with van der Waals surface area (Å²) in [5.74, 6) is 0. The predicted octanol–water partition coefficient (Wildman–Crippen LogP) is 8.67. The van der Waals surface area contributed by atoms with E-state index < -0.39 is 0 Å². The molecule has 0 bridgehead atoms. The monoisotopic (exact) mass is 743 g/mol. The normalized spacial score (nSPS) is 16.4. The topological polar surface area (TPSA) is 6.48 Å². The van der Waals surface area contributed by atoms with E-state index in [-0.39, 0.29) is 71.3 Å². The Morgan fingerprint density at radius 2 is 0.842 bits per heavy atom. The van der Waals surface area contributed by atoms with Crippen molar-refractivity contribution >= 4 is 34.7 Å². The van der Waals surface area contributed by atoms with Gasteiger partial charge in [0, 0.05) is 52.0 Å². The summed E-state index contributed by atoms with van der Waals surface area (Å²) < 4.78 is 4.68. The molecule has 0 atom stereocenters. The first-order chi connectivity index (χ1) is 16.2. The van der Waals surface area contributed by atoms with Crippen molar-refractivity contribution in [3.05, 3.63) is 96.2 Å². The van der Waals surface area contributed by atoms with Crippen molar-refractivity contribution in [1.29, 1.82) is 0 Å². The molecule has 0 spiro atoms. The Kier molecular flexibility index (Phi) is 24.9. The van der Waals surface area contributed by atoms with Crippen molar-refractivity contribution in [2.24, 2.45) is 10.8 Å². The molecule has 0 saturated carbocycles. The minimum absolute atomic E-state index is 0. The molecule has 6 heteroatoms. The van der Waals surface area contributed by atoms with Crippen LogP contribution in [0.1, 0.15) is 69.2 Å². The van der Waals surface area contributed by atoms with Gasteiger partial charge >= 0.3 is 0 Å². The molecule has 215 valence electrons. The Bertz CT molecular complexity index is 803. The molecule has 38 heavy (non-hydrogen) atoms. The van der Waals surface area contributed by atoms with Crippen molar-refractivity contribution in [2.75, 3.05) is 26.2 Å². The van der Waals surface area contributed by atoms with Crippen molar-refractivity contribution in [2.45, 2.75) is 69.2 Å². The van der Waals surface area contributed by atoms with E-state index in [0.29, 0.717) is 0 Å². The number of nitrogens with zero attached hydrogens (tertiary/aromatic N) is 2. The van der Waals surface area contributed by atoms with Gasteiger partial charge in [-0.05, 0) is 0 Å². The first-order valence-electron chi connectivity index (χ1n) is 12.5. The molecule has 2 aliphatic rings.